The molecule has 2 aliphatic rings. The third-order valence-corrected chi connectivity index (χ3v) is 7.83. The van der Waals surface area contributed by atoms with E-state index in [9.17, 15) is 4.79 Å². The summed E-state index contributed by atoms with van der Waals surface area (Å²) in [7, 11) is 1.67. The molecular weight excluding hydrogens is 464 g/mol. The number of para-hydroxylation sites is 1. The van der Waals surface area contributed by atoms with E-state index < -0.39 is 0 Å². The molecule has 0 bridgehead atoms. The second-order valence-electron chi connectivity index (χ2n) is 8.38. The number of fused-ring (bicyclic) bond motifs is 3. The highest BCUT2D eigenvalue weighted by Gasteiger charge is 2.33. The van der Waals surface area contributed by atoms with Crippen LogP contribution in [0.25, 0.3) is 11.8 Å². The Bertz CT molecular complexity index is 1650. The molecule has 0 fully saturated rings. The first kappa shape index (κ1) is 21.1. The Morgan fingerprint density at radius 3 is 2.65 bits per heavy atom. The summed E-state index contributed by atoms with van der Waals surface area (Å²) < 4.78 is 8.17. The van der Waals surface area contributed by atoms with Gasteiger partial charge in [-0.15, -0.1) is 0 Å². The van der Waals surface area contributed by atoms with Crippen LogP contribution in [-0.4, -0.2) is 11.7 Å². The van der Waals surface area contributed by atoms with Crippen molar-refractivity contribution in [3.05, 3.63) is 125 Å². The molecule has 0 amide bonds. The zero-order valence-corrected chi connectivity index (χ0v) is 20.1. The molecule has 6 rings (SSSR count). The number of hydrogen-bond donors (Lipinski definition) is 0. The van der Waals surface area contributed by atoms with Gasteiger partial charge < -0.3 is 4.74 Å². The number of aromatic nitrogens is 1. The van der Waals surface area contributed by atoms with Gasteiger partial charge in [-0.05, 0) is 47.8 Å². The molecular formula is C28H21ClN2O2S. The summed E-state index contributed by atoms with van der Waals surface area (Å²) in [6, 6.07) is 23.6. The molecule has 168 valence electrons. The number of aryl methyl sites for hydroxylation is 1. The molecule has 1 aliphatic carbocycles. The second kappa shape index (κ2) is 8.42. The molecule has 1 aromatic heterocycles. The Balaban J connectivity index is 1.66. The third-order valence-electron chi connectivity index (χ3n) is 6.50. The number of ether oxygens (including phenoxy) is 1. The van der Waals surface area contributed by atoms with Gasteiger partial charge in [-0.2, -0.15) is 0 Å². The van der Waals surface area contributed by atoms with Crippen LogP contribution in [-0.2, 0) is 6.42 Å². The van der Waals surface area contributed by atoms with Crippen molar-refractivity contribution in [1.29, 1.82) is 0 Å². The summed E-state index contributed by atoms with van der Waals surface area (Å²) in [5, 5.41) is 0.614. The minimum Gasteiger partial charge on any atom is -0.496 e. The van der Waals surface area contributed by atoms with Crippen LogP contribution in [0.3, 0.4) is 0 Å². The van der Waals surface area contributed by atoms with E-state index in [1.165, 1.54) is 16.9 Å². The quantitative estimate of drug-likeness (QED) is 0.411. The number of halogens is 1. The molecule has 1 atom stereocenters. The van der Waals surface area contributed by atoms with Crippen molar-refractivity contribution < 1.29 is 4.74 Å². The van der Waals surface area contributed by atoms with Gasteiger partial charge in [-0.25, -0.2) is 4.99 Å². The van der Waals surface area contributed by atoms with Crippen molar-refractivity contribution in [3.63, 3.8) is 0 Å². The van der Waals surface area contributed by atoms with Crippen molar-refractivity contribution in [2.75, 3.05) is 7.11 Å². The Kier molecular flexibility index (Phi) is 5.24. The van der Waals surface area contributed by atoms with Crippen LogP contribution >= 0.6 is 22.9 Å². The van der Waals surface area contributed by atoms with Crippen molar-refractivity contribution in [1.82, 2.24) is 4.57 Å². The van der Waals surface area contributed by atoms with Crippen LogP contribution in [0.1, 0.15) is 34.7 Å². The van der Waals surface area contributed by atoms with Crippen LogP contribution in [0.5, 0.6) is 5.75 Å². The number of nitrogens with zero attached hydrogens (tertiary/aromatic N) is 2. The first-order valence-corrected chi connectivity index (χ1v) is 12.4. The molecule has 3 aromatic carbocycles. The highest BCUT2D eigenvalue weighted by molar-refractivity contribution is 7.07. The largest absolute Gasteiger partial charge is 0.496 e. The maximum atomic E-state index is 13.8. The number of hydrogen-bond acceptors (Lipinski definition) is 4. The van der Waals surface area contributed by atoms with Gasteiger partial charge in [0.15, 0.2) is 4.80 Å². The standard InChI is InChI=1S/C28H21ClN2O2S/c1-33-23-13-7-5-11-20(23)26-21-15-14-17-8-2-4-10-19(17)25(21)30-28-31(26)27(32)24(34-28)16-18-9-3-6-12-22(18)29/h2-13,16,26H,14-15H2,1H3. The number of allylic oxidation sites excluding steroid dienone is 1. The third kappa shape index (κ3) is 3.35. The maximum absolute atomic E-state index is 13.8. The molecule has 1 aliphatic heterocycles. The van der Waals surface area contributed by atoms with Crippen molar-refractivity contribution in [2.45, 2.75) is 18.9 Å². The molecule has 4 aromatic rings. The lowest BCUT2D eigenvalue weighted by molar-refractivity contribution is 0.402. The summed E-state index contributed by atoms with van der Waals surface area (Å²) in [6.45, 7) is 0. The molecule has 34 heavy (non-hydrogen) atoms. The normalized spacial score (nSPS) is 17.0. The van der Waals surface area contributed by atoms with E-state index in [-0.39, 0.29) is 11.6 Å². The van der Waals surface area contributed by atoms with Crippen LogP contribution in [0.2, 0.25) is 5.02 Å². The summed E-state index contributed by atoms with van der Waals surface area (Å²) >= 11 is 7.79. The summed E-state index contributed by atoms with van der Waals surface area (Å²) in [4.78, 5) is 19.6. The Labute approximate surface area is 205 Å². The van der Waals surface area contributed by atoms with Crippen LogP contribution in [0, 0.1) is 0 Å². The van der Waals surface area contributed by atoms with E-state index in [4.69, 9.17) is 21.3 Å². The molecule has 0 spiro atoms. The lowest BCUT2D eigenvalue weighted by atomic mass is 9.83. The lowest BCUT2D eigenvalue weighted by Crippen LogP contribution is -2.39. The van der Waals surface area contributed by atoms with Gasteiger partial charge in [-0.1, -0.05) is 83.6 Å². The lowest BCUT2D eigenvalue weighted by Gasteiger charge is -2.31. The number of methoxy groups -OCH3 is 1. The fraction of sp³-hybridized carbons (Fsp3) is 0.143. The zero-order valence-electron chi connectivity index (χ0n) is 18.5. The molecule has 0 saturated heterocycles. The minimum absolute atomic E-state index is 0.0648. The summed E-state index contributed by atoms with van der Waals surface area (Å²) in [6.07, 6.45) is 3.62. The molecule has 6 heteroatoms. The summed E-state index contributed by atoms with van der Waals surface area (Å²) in [5.41, 5.74) is 6.29. The Morgan fingerprint density at radius 2 is 1.79 bits per heavy atom. The topological polar surface area (TPSA) is 43.6 Å². The average Bonchev–Trinajstić information content (AvgIpc) is 3.18. The predicted octanol–water partition coefficient (Wildman–Crippen LogP) is 4.98. The van der Waals surface area contributed by atoms with Crippen molar-refractivity contribution in [2.24, 2.45) is 4.99 Å². The second-order valence-corrected chi connectivity index (χ2v) is 9.79. The monoisotopic (exact) mass is 484 g/mol. The molecule has 2 heterocycles. The Hall–Kier alpha value is -3.41. The smallest absolute Gasteiger partial charge is 0.271 e. The fourth-order valence-corrected chi connectivity index (χ4v) is 6.11. The van der Waals surface area contributed by atoms with Crippen molar-refractivity contribution >= 4 is 34.7 Å². The molecule has 0 saturated carbocycles. The highest BCUT2D eigenvalue weighted by Crippen LogP contribution is 2.43. The minimum atomic E-state index is -0.274. The number of benzene rings is 3. The van der Waals surface area contributed by atoms with E-state index >= 15 is 0 Å². The van der Waals surface area contributed by atoms with E-state index in [2.05, 4.69) is 24.3 Å². The predicted molar refractivity (Wildman–Crippen MR) is 137 cm³/mol. The maximum Gasteiger partial charge on any atom is 0.271 e. The van der Waals surface area contributed by atoms with Crippen LogP contribution in [0.15, 0.2) is 88.2 Å². The fourth-order valence-electron chi connectivity index (χ4n) is 4.92. The molecule has 0 radical (unpaired) electrons. The first-order valence-electron chi connectivity index (χ1n) is 11.2. The van der Waals surface area contributed by atoms with E-state index in [1.54, 1.807) is 7.11 Å². The van der Waals surface area contributed by atoms with Gasteiger partial charge in [0.05, 0.1) is 23.4 Å². The molecule has 4 nitrogen and oxygen atoms in total. The van der Waals surface area contributed by atoms with Gasteiger partial charge in [0.2, 0.25) is 0 Å². The van der Waals surface area contributed by atoms with Gasteiger partial charge >= 0.3 is 0 Å². The SMILES string of the molecule is COc1ccccc1C1C2=C(N=c3sc(=Cc4ccccc4Cl)c(=O)n31)c1ccccc1CC2. The number of rotatable bonds is 3. The zero-order chi connectivity index (χ0) is 23.2. The van der Waals surface area contributed by atoms with Gasteiger partial charge in [0, 0.05) is 16.1 Å². The van der Waals surface area contributed by atoms with Gasteiger partial charge in [-0.3, -0.25) is 9.36 Å². The number of thiazole rings is 1. The van der Waals surface area contributed by atoms with Crippen molar-refractivity contribution in [3.8, 4) is 5.75 Å². The van der Waals surface area contributed by atoms with Gasteiger partial charge in [0.1, 0.15) is 5.75 Å². The van der Waals surface area contributed by atoms with Gasteiger partial charge in [0.25, 0.3) is 5.56 Å². The van der Waals surface area contributed by atoms with Crippen LogP contribution in [0.4, 0.5) is 0 Å². The van der Waals surface area contributed by atoms with E-state index in [1.807, 2.05) is 59.2 Å². The highest BCUT2D eigenvalue weighted by atomic mass is 35.5. The first-order chi connectivity index (χ1) is 16.7. The molecule has 0 N–H and O–H groups in total. The van der Waals surface area contributed by atoms with E-state index in [0.29, 0.717) is 14.4 Å². The summed E-state index contributed by atoms with van der Waals surface area (Å²) in [5.74, 6) is 0.765. The van der Waals surface area contributed by atoms with Crippen LogP contribution < -0.4 is 19.6 Å². The molecule has 1 unspecified atom stereocenters. The van der Waals surface area contributed by atoms with E-state index in [0.717, 1.165) is 46.6 Å². The Morgan fingerprint density at radius 1 is 1.03 bits per heavy atom. The average molecular weight is 485 g/mol.